The molecule has 0 saturated heterocycles. The summed E-state index contributed by atoms with van der Waals surface area (Å²) >= 11 is 0. The third-order valence-corrected chi connectivity index (χ3v) is 1.38. The normalized spacial score (nSPS) is 11.9. The molecule has 0 heterocycles. The highest BCUT2D eigenvalue weighted by Gasteiger charge is 2.09. The van der Waals surface area contributed by atoms with Crippen molar-refractivity contribution in [3.8, 4) is 0 Å². The standard InChI is InChI=1S/C9H16O5/c1-4-12-7-13-5-9(11-3)6-14-8(2)10/h4,9H,1,5-7H2,2-3H3. The van der Waals surface area contributed by atoms with Crippen LogP contribution in [0.2, 0.25) is 0 Å². The number of rotatable bonds is 8. The van der Waals surface area contributed by atoms with Crippen molar-refractivity contribution in [2.45, 2.75) is 13.0 Å². The monoisotopic (exact) mass is 204 g/mol. The van der Waals surface area contributed by atoms with Crippen LogP contribution in [-0.4, -0.2) is 39.2 Å². The minimum Gasteiger partial charge on any atom is -0.476 e. The zero-order chi connectivity index (χ0) is 10.8. The first-order valence-electron chi connectivity index (χ1n) is 4.17. The smallest absolute Gasteiger partial charge is 0.302 e. The van der Waals surface area contributed by atoms with E-state index >= 15 is 0 Å². The second kappa shape index (κ2) is 8.52. The van der Waals surface area contributed by atoms with Crippen molar-refractivity contribution < 1.29 is 23.7 Å². The van der Waals surface area contributed by atoms with Gasteiger partial charge in [0.05, 0.1) is 12.9 Å². The Kier molecular flexibility index (Phi) is 7.87. The predicted octanol–water partition coefficient (Wildman–Crippen LogP) is 0.699. The van der Waals surface area contributed by atoms with Gasteiger partial charge in [-0.15, -0.1) is 0 Å². The van der Waals surface area contributed by atoms with Crippen LogP contribution in [-0.2, 0) is 23.7 Å². The molecule has 0 aromatic rings. The molecule has 0 spiro atoms. The lowest BCUT2D eigenvalue weighted by molar-refractivity contribution is -0.147. The molecule has 1 atom stereocenters. The zero-order valence-electron chi connectivity index (χ0n) is 8.52. The summed E-state index contributed by atoms with van der Waals surface area (Å²) in [5.74, 6) is -0.339. The maximum atomic E-state index is 10.5. The molecule has 0 N–H and O–H groups in total. The van der Waals surface area contributed by atoms with Gasteiger partial charge in [-0.25, -0.2) is 0 Å². The fourth-order valence-corrected chi connectivity index (χ4v) is 0.670. The molecule has 0 rings (SSSR count). The molecule has 0 radical (unpaired) electrons. The lowest BCUT2D eigenvalue weighted by Gasteiger charge is -2.14. The summed E-state index contributed by atoms with van der Waals surface area (Å²) in [6.07, 6.45) is 1.01. The number of carbonyl (C=O) groups is 1. The number of hydrogen-bond acceptors (Lipinski definition) is 5. The zero-order valence-corrected chi connectivity index (χ0v) is 8.52. The molecule has 0 amide bonds. The van der Waals surface area contributed by atoms with E-state index in [1.54, 1.807) is 0 Å². The highest BCUT2D eigenvalue weighted by atomic mass is 16.7. The Morgan fingerprint density at radius 2 is 2.21 bits per heavy atom. The number of methoxy groups -OCH3 is 1. The summed E-state index contributed by atoms with van der Waals surface area (Å²) < 4.78 is 19.5. The molecule has 0 aromatic carbocycles. The average Bonchev–Trinajstić information content (AvgIpc) is 2.16. The van der Waals surface area contributed by atoms with Gasteiger partial charge in [-0.05, 0) is 0 Å². The van der Waals surface area contributed by atoms with E-state index in [2.05, 4.69) is 6.58 Å². The minimum absolute atomic E-state index is 0.115. The van der Waals surface area contributed by atoms with Crippen LogP contribution < -0.4 is 0 Å². The van der Waals surface area contributed by atoms with Crippen molar-refractivity contribution in [2.75, 3.05) is 27.1 Å². The van der Waals surface area contributed by atoms with Gasteiger partial charge in [0, 0.05) is 14.0 Å². The molecule has 5 heteroatoms. The molecule has 1 unspecified atom stereocenters. The second-order valence-corrected chi connectivity index (χ2v) is 2.48. The number of hydrogen-bond donors (Lipinski definition) is 0. The van der Waals surface area contributed by atoms with Crippen LogP contribution in [0.1, 0.15) is 6.92 Å². The minimum atomic E-state index is -0.339. The molecule has 82 valence electrons. The topological polar surface area (TPSA) is 54.0 Å². The van der Waals surface area contributed by atoms with Crippen molar-refractivity contribution in [2.24, 2.45) is 0 Å². The summed E-state index contributed by atoms with van der Waals surface area (Å²) in [4.78, 5) is 10.5. The van der Waals surface area contributed by atoms with Gasteiger partial charge in [-0.3, -0.25) is 4.79 Å². The van der Waals surface area contributed by atoms with E-state index in [1.165, 1.54) is 20.3 Å². The van der Waals surface area contributed by atoms with Gasteiger partial charge in [-0.1, -0.05) is 6.58 Å². The number of carbonyl (C=O) groups excluding carboxylic acids is 1. The Hall–Kier alpha value is -1.07. The summed E-state index contributed by atoms with van der Waals surface area (Å²) in [5.41, 5.74) is 0. The van der Waals surface area contributed by atoms with Gasteiger partial charge in [0.25, 0.3) is 0 Å². The highest BCUT2D eigenvalue weighted by molar-refractivity contribution is 5.65. The summed E-state index contributed by atoms with van der Waals surface area (Å²) in [6, 6.07) is 0. The van der Waals surface area contributed by atoms with Crippen LogP contribution in [0.5, 0.6) is 0 Å². The Bertz CT molecular complexity index is 169. The highest BCUT2D eigenvalue weighted by Crippen LogP contribution is 1.94. The number of ether oxygens (including phenoxy) is 4. The van der Waals surface area contributed by atoms with Crippen molar-refractivity contribution in [1.82, 2.24) is 0 Å². The first kappa shape index (κ1) is 12.9. The predicted molar refractivity (Wildman–Crippen MR) is 49.5 cm³/mol. The maximum absolute atomic E-state index is 10.5. The van der Waals surface area contributed by atoms with E-state index in [-0.39, 0.29) is 25.5 Å². The van der Waals surface area contributed by atoms with Crippen LogP contribution in [0.15, 0.2) is 12.8 Å². The van der Waals surface area contributed by atoms with Crippen LogP contribution in [0.25, 0.3) is 0 Å². The molecule has 0 aliphatic heterocycles. The molecule has 0 saturated carbocycles. The summed E-state index contributed by atoms with van der Waals surface area (Å²) in [7, 11) is 1.52. The van der Waals surface area contributed by atoms with E-state index < -0.39 is 0 Å². The van der Waals surface area contributed by atoms with Gasteiger partial charge in [0.15, 0.2) is 6.79 Å². The van der Waals surface area contributed by atoms with Crippen LogP contribution in [0, 0.1) is 0 Å². The van der Waals surface area contributed by atoms with Gasteiger partial charge in [0.1, 0.15) is 12.7 Å². The Morgan fingerprint density at radius 3 is 2.71 bits per heavy atom. The molecule has 0 fully saturated rings. The number of esters is 1. The third-order valence-electron chi connectivity index (χ3n) is 1.38. The molecule has 14 heavy (non-hydrogen) atoms. The van der Waals surface area contributed by atoms with Crippen molar-refractivity contribution in [3.63, 3.8) is 0 Å². The van der Waals surface area contributed by atoms with Gasteiger partial charge in [-0.2, -0.15) is 0 Å². The van der Waals surface area contributed by atoms with Gasteiger partial charge >= 0.3 is 5.97 Å². The Morgan fingerprint density at radius 1 is 1.50 bits per heavy atom. The summed E-state index contributed by atoms with van der Waals surface area (Å²) in [5, 5.41) is 0. The van der Waals surface area contributed by atoms with E-state index in [0.717, 1.165) is 0 Å². The second-order valence-electron chi connectivity index (χ2n) is 2.48. The Labute approximate surface area is 83.6 Å². The SMILES string of the molecule is C=COCOCC(COC(C)=O)OC. The largest absolute Gasteiger partial charge is 0.476 e. The van der Waals surface area contributed by atoms with Gasteiger partial charge in [0.2, 0.25) is 0 Å². The average molecular weight is 204 g/mol. The molecule has 0 aromatic heterocycles. The van der Waals surface area contributed by atoms with Crippen LogP contribution in [0.4, 0.5) is 0 Å². The molecule has 0 aliphatic rings. The summed E-state index contributed by atoms with van der Waals surface area (Å²) in [6.45, 7) is 5.29. The lowest BCUT2D eigenvalue weighted by Crippen LogP contribution is -2.25. The first-order valence-corrected chi connectivity index (χ1v) is 4.17. The van der Waals surface area contributed by atoms with E-state index in [1.807, 2.05) is 0 Å². The lowest BCUT2D eigenvalue weighted by atomic mass is 10.4. The van der Waals surface area contributed by atoms with Gasteiger partial charge < -0.3 is 18.9 Å². The molecular weight excluding hydrogens is 188 g/mol. The van der Waals surface area contributed by atoms with Crippen molar-refractivity contribution >= 4 is 5.97 Å². The fourth-order valence-electron chi connectivity index (χ4n) is 0.670. The fraction of sp³-hybridized carbons (Fsp3) is 0.667. The third kappa shape index (κ3) is 7.57. The molecule has 0 bridgehead atoms. The quantitative estimate of drug-likeness (QED) is 0.252. The molecule has 5 nitrogen and oxygen atoms in total. The molecular formula is C9H16O5. The van der Waals surface area contributed by atoms with Crippen LogP contribution >= 0.6 is 0 Å². The van der Waals surface area contributed by atoms with E-state index in [4.69, 9.17) is 18.9 Å². The molecule has 0 aliphatic carbocycles. The maximum Gasteiger partial charge on any atom is 0.302 e. The van der Waals surface area contributed by atoms with Crippen molar-refractivity contribution in [1.29, 1.82) is 0 Å². The van der Waals surface area contributed by atoms with Crippen LogP contribution in [0.3, 0.4) is 0 Å². The van der Waals surface area contributed by atoms with E-state index in [9.17, 15) is 4.79 Å². The Balaban J connectivity index is 3.47. The van der Waals surface area contributed by atoms with E-state index in [0.29, 0.717) is 6.61 Å². The first-order chi connectivity index (χ1) is 6.70. The van der Waals surface area contributed by atoms with Crippen molar-refractivity contribution in [3.05, 3.63) is 12.8 Å².